The Morgan fingerprint density at radius 1 is 1.06 bits per heavy atom. The van der Waals surface area contributed by atoms with Gasteiger partial charge in [0.1, 0.15) is 6.73 Å². The Labute approximate surface area is 276 Å². The van der Waals surface area contributed by atoms with E-state index in [0.717, 1.165) is 62.0 Å². The molecule has 0 saturated carbocycles. The summed E-state index contributed by atoms with van der Waals surface area (Å²) in [6.45, 7) is 11.2. The van der Waals surface area contributed by atoms with Gasteiger partial charge in [-0.1, -0.05) is 52.6 Å². The van der Waals surface area contributed by atoms with Crippen LogP contribution in [0.2, 0.25) is 25.7 Å². The van der Waals surface area contributed by atoms with E-state index in [2.05, 4.69) is 52.0 Å². The Morgan fingerprint density at radius 3 is 2.39 bits per heavy atom. The van der Waals surface area contributed by atoms with E-state index in [1.807, 2.05) is 12.5 Å². The first-order chi connectivity index (χ1) is 14.5. The predicted molar refractivity (Wildman–Crippen MR) is 136 cm³/mol. The Balaban J connectivity index is -0.000000256. The quantitative estimate of drug-likeness (QED) is 0.264. The number of rotatable bonds is 6. The maximum atomic E-state index is 10.5. The molecule has 0 atom stereocenters. The first-order valence-corrected chi connectivity index (χ1v) is 14.1. The number of aromatic nitrogens is 2. The van der Waals surface area contributed by atoms with Gasteiger partial charge in [0.25, 0.3) is 0 Å². The second kappa shape index (κ2) is 22.2. The molecule has 0 saturated heterocycles. The summed E-state index contributed by atoms with van der Waals surface area (Å²) in [5.74, 6) is 0.980. The van der Waals surface area contributed by atoms with Crippen LogP contribution < -0.4 is 15.1 Å². The number of ether oxygens (including phenoxy) is 1. The van der Waals surface area contributed by atoms with Gasteiger partial charge < -0.3 is 24.6 Å². The summed E-state index contributed by atoms with van der Waals surface area (Å²) in [7, 11) is -0.992. The topological polar surface area (TPSA) is 70.6 Å². The molecule has 7 nitrogen and oxygen atoms in total. The van der Waals surface area contributed by atoms with E-state index < -0.39 is 8.07 Å². The second-order valence-corrected chi connectivity index (χ2v) is 14.2. The van der Waals surface area contributed by atoms with Gasteiger partial charge >= 0.3 is 0 Å². The number of pyridine rings is 2. The molecule has 2 aliphatic heterocycles. The molecule has 4 heterocycles. The normalized spacial score (nSPS) is 12.8. The number of hydrogen-bond acceptors (Lipinski definition) is 6. The average molecular weight is 1190 g/mol. The van der Waals surface area contributed by atoms with Crippen LogP contribution in [0.25, 0.3) is 0 Å². The van der Waals surface area contributed by atoms with E-state index in [1.54, 1.807) is 23.4 Å². The molecule has 0 radical (unpaired) electrons. The molecule has 202 valence electrons. The van der Waals surface area contributed by atoms with Crippen molar-refractivity contribution in [1.82, 2.24) is 9.97 Å². The van der Waals surface area contributed by atoms with Crippen LogP contribution in [0.5, 0.6) is 0 Å². The fourth-order valence-corrected chi connectivity index (χ4v) is 4.03. The summed E-state index contributed by atoms with van der Waals surface area (Å²) < 4.78 is 5.79. The number of fused-ring (bicyclic) bond motifs is 2. The van der Waals surface area contributed by atoms with Gasteiger partial charge in [0.2, 0.25) is 0 Å². The Morgan fingerprint density at radius 2 is 1.72 bits per heavy atom. The van der Waals surface area contributed by atoms with Crippen LogP contribution in [-0.4, -0.2) is 57.4 Å². The molecular formula is C24H38N5O2SiW4-3. The minimum absolute atomic E-state index is 0. The summed E-state index contributed by atoms with van der Waals surface area (Å²) in [5, 5.41) is 3.32. The van der Waals surface area contributed by atoms with Gasteiger partial charge in [-0.25, -0.2) is 24.3 Å². The summed E-state index contributed by atoms with van der Waals surface area (Å²) >= 11 is 0. The SMILES string of the molecule is C.C.C[Si](C)(C)CCOCN1CCNc2c[c-]cnc21.O=[C-]N1CCCc2nc[c-]cc21.[W].[W].[W].[W]. The van der Waals surface area contributed by atoms with Crippen LogP contribution in [0.15, 0.2) is 24.5 Å². The number of hydrogen-bond donors (Lipinski definition) is 1. The van der Waals surface area contributed by atoms with E-state index in [4.69, 9.17) is 4.74 Å². The van der Waals surface area contributed by atoms with E-state index in [-0.39, 0.29) is 99.1 Å². The summed E-state index contributed by atoms with van der Waals surface area (Å²) in [6.07, 6.45) is 7.14. The molecule has 0 spiro atoms. The standard InChI is InChI=1S/C13H22N3OSi.C9H8N2O.2CH4.4W/c1-18(2,3)10-9-17-11-16-8-7-14-12-5-4-6-15-13(12)16;12-7-11-6-2-3-8-9(11)4-1-5-10-8;;;;;;/h5-6,14H,7-11H2,1-3H3;4-5H,2-3,6H2;2*1H4;;;;/q-1;-2;;;;;;. The first-order valence-electron chi connectivity index (χ1n) is 10.4. The van der Waals surface area contributed by atoms with Crippen molar-refractivity contribution in [1.29, 1.82) is 0 Å². The first kappa shape index (κ1) is 43.4. The average Bonchev–Trinajstić information content (AvgIpc) is 2.76. The fourth-order valence-electron chi connectivity index (χ4n) is 3.27. The fraction of sp³-hybridized carbons (Fsp3) is 0.542. The molecule has 0 fully saturated rings. The smallest absolute Gasteiger partial charge is 0.119 e. The van der Waals surface area contributed by atoms with Gasteiger partial charge in [-0.05, 0) is 31.1 Å². The molecule has 2 aromatic rings. The second-order valence-electron chi connectivity index (χ2n) is 8.59. The third-order valence-corrected chi connectivity index (χ3v) is 6.68. The van der Waals surface area contributed by atoms with Crippen molar-refractivity contribution in [3.8, 4) is 0 Å². The molecule has 4 rings (SSSR count). The Hall–Kier alpha value is 0.300. The number of amides is 1. The van der Waals surface area contributed by atoms with Crippen LogP contribution in [0.4, 0.5) is 17.2 Å². The molecule has 2 aromatic heterocycles. The van der Waals surface area contributed by atoms with Gasteiger partial charge in [0.05, 0.1) is 12.2 Å². The number of aryl methyl sites for hydroxylation is 1. The van der Waals surface area contributed by atoms with Crippen molar-refractivity contribution in [3.05, 3.63) is 42.4 Å². The van der Waals surface area contributed by atoms with Crippen LogP contribution in [0.1, 0.15) is 27.0 Å². The third-order valence-electron chi connectivity index (χ3n) is 4.98. The van der Waals surface area contributed by atoms with Crippen molar-refractivity contribution in [2.75, 3.05) is 48.1 Å². The largest absolute Gasteiger partial charge is 0.476 e. The van der Waals surface area contributed by atoms with Crippen LogP contribution >= 0.6 is 0 Å². The molecule has 1 N–H and O–H groups in total. The van der Waals surface area contributed by atoms with Crippen molar-refractivity contribution in [2.24, 2.45) is 0 Å². The molecule has 2 aliphatic rings. The minimum atomic E-state index is -0.992. The zero-order chi connectivity index (χ0) is 21.4. The molecule has 1 amide bonds. The Bertz CT molecular complexity index is 846. The van der Waals surface area contributed by atoms with Crippen molar-refractivity contribution < 1.29 is 93.8 Å². The van der Waals surface area contributed by atoms with Gasteiger partial charge in [-0.3, -0.25) is 9.97 Å². The predicted octanol–water partition coefficient (Wildman–Crippen LogP) is 4.39. The molecule has 0 bridgehead atoms. The maximum absolute atomic E-state index is 10.5. The van der Waals surface area contributed by atoms with Crippen molar-refractivity contribution in [3.63, 3.8) is 0 Å². The zero-order valence-corrected chi connectivity index (χ0v) is 32.4. The van der Waals surface area contributed by atoms with E-state index >= 15 is 0 Å². The van der Waals surface area contributed by atoms with E-state index in [0.29, 0.717) is 6.73 Å². The third kappa shape index (κ3) is 13.9. The van der Waals surface area contributed by atoms with Gasteiger partial charge in [0, 0.05) is 112 Å². The minimum Gasteiger partial charge on any atom is -0.476 e. The van der Waals surface area contributed by atoms with Crippen molar-refractivity contribution >= 4 is 31.7 Å². The molecule has 12 heteroatoms. The molecule has 36 heavy (non-hydrogen) atoms. The van der Waals surface area contributed by atoms with Crippen LogP contribution in [-0.2, 0) is 100 Å². The van der Waals surface area contributed by atoms with Gasteiger partial charge in [-0.2, -0.15) is 0 Å². The number of anilines is 3. The Kier molecular flexibility index (Phi) is 26.7. The molecule has 0 unspecified atom stereocenters. The van der Waals surface area contributed by atoms with Crippen molar-refractivity contribution in [2.45, 2.75) is 53.4 Å². The summed E-state index contributed by atoms with van der Waals surface area (Å²) in [6, 6.07) is 10.8. The number of nitrogens with zero attached hydrogens (tertiary/aromatic N) is 4. The number of nitrogens with one attached hydrogen (secondary N) is 1. The molecule has 0 aliphatic carbocycles. The van der Waals surface area contributed by atoms with E-state index in [1.165, 1.54) is 6.04 Å². The molecule has 0 aromatic carbocycles. The van der Waals surface area contributed by atoms with Gasteiger partial charge in [-0.15, -0.1) is 5.69 Å². The van der Waals surface area contributed by atoms with Crippen LogP contribution in [0.3, 0.4) is 0 Å². The zero-order valence-electron chi connectivity index (χ0n) is 19.7. The van der Waals surface area contributed by atoms with Gasteiger partial charge in [0.15, 0.2) is 0 Å². The van der Waals surface area contributed by atoms with Crippen LogP contribution in [0, 0.1) is 12.1 Å². The molecular weight excluding hydrogens is 1150 g/mol. The summed E-state index contributed by atoms with van der Waals surface area (Å²) in [4.78, 5) is 22.7. The maximum Gasteiger partial charge on any atom is 0.119 e. The summed E-state index contributed by atoms with van der Waals surface area (Å²) in [5.41, 5.74) is 2.89. The monoisotopic (exact) mass is 1190 g/mol. The number of carbonyl (C=O) groups excluding carboxylic acids is 1. The van der Waals surface area contributed by atoms with E-state index in [9.17, 15) is 4.79 Å².